The highest BCUT2D eigenvalue weighted by atomic mass is 32.2. The van der Waals surface area contributed by atoms with Gasteiger partial charge in [-0.3, -0.25) is 9.59 Å². The van der Waals surface area contributed by atoms with Crippen LogP contribution in [0.2, 0.25) is 0 Å². The maximum atomic E-state index is 11.9. The van der Waals surface area contributed by atoms with Crippen LogP contribution in [0.25, 0.3) is 21.8 Å². The van der Waals surface area contributed by atoms with Gasteiger partial charge in [-0.05, 0) is 50.1 Å². The summed E-state index contributed by atoms with van der Waals surface area (Å²) in [5.74, 6) is 2.35. The summed E-state index contributed by atoms with van der Waals surface area (Å²) in [5.41, 5.74) is 4.02. The summed E-state index contributed by atoms with van der Waals surface area (Å²) in [7, 11) is 1.57. The van der Waals surface area contributed by atoms with Gasteiger partial charge in [-0.1, -0.05) is 11.8 Å². The van der Waals surface area contributed by atoms with Crippen molar-refractivity contribution in [1.82, 2.24) is 19.9 Å². The van der Waals surface area contributed by atoms with Crippen LogP contribution >= 0.6 is 11.8 Å². The fraction of sp³-hybridized carbons (Fsp3) is 0.308. The van der Waals surface area contributed by atoms with Gasteiger partial charge in [0.2, 0.25) is 5.88 Å². The van der Waals surface area contributed by atoms with Crippen LogP contribution in [0.3, 0.4) is 0 Å². The highest BCUT2D eigenvalue weighted by molar-refractivity contribution is 8.15. The normalized spacial score (nSPS) is 14.0. The molecule has 2 aromatic carbocycles. The lowest BCUT2D eigenvalue weighted by Crippen LogP contribution is -2.42. The van der Waals surface area contributed by atoms with Crippen molar-refractivity contribution in [1.29, 1.82) is 0 Å². The number of aromatic amines is 1. The minimum atomic E-state index is -0.431. The fourth-order valence-electron chi connectivity index (χ4n) is 4.20. The van der Waals surface area contributed by atoms with Gasteiger partial charge in [-0.2, -0.15) is 0 Å². The van der Waals surface area contributed by atoms with E-state index in [2.05, 4.69) is 21.9 Å². The van der Waals surface area contributed by atoms with Crippen molar-refractivity contribution in [3.8, 4) is 23.1 Å². The average molecular weight is 507 g/mol. The third kappa shape index (κ3) is 4.68. The van der Waals surface area contributed by atoms with E-state index in [1.54, 1.807) is 24.1 Å². The van der Waals surface area contributed by atoms with Crippen molar-refractivity contribution >= 4 is 44.6 Å². The number of carbonyl (C=O) groups excluding carboxylic acids is 2. The van der Waals surface area contributed by atoms with E-state index in [1.165, 1.54) is 11.9 Å². The molecule has 186 valence electrons. The molecule has 2 aromatic heterocycles. The topological polar surface area (TPSA) is 107 Å². The molecule has 1 aliphatic heterocycles. The third-order valence-electron chi connectivity index (χ3n) is 6.26. The molecule has 0 saturated carbocycles. The number of carbonyl (C=O) groups is 2. The minimum Gasteiger partial charge on any atom is -0.493 e. The molecule has 1 fully saturated rings. The summed E-state index contributed by atoms with van der Waals surface area (Å²) in [6.07, 6.45) is 2.04. The van der Waals surface area contributed by atoms with Gasteiger partial charge in [0.25, 0.3) is 5.12 Å². The Hall–Kier alpha value is -3.79. The summed E-state index contributed by atoms with van der Waals surface area (Å²) < 4.78 is 17.7. The van der Waals surface area contributed by atoms with Gasteiger partial charge in [-0.25, -0.2) is 9.97 Å². The zero-order chi connectivity index (χ0) is 25.2. The van der Waals surface area contributed by atoms with E-state index in [-0.39, 0.29) is 0 Å². The Labute approximate surface area is 212 Å². The SMILES string of the molecule is COc1cc2c(Oc3ccc4[nH]c(C)c(C)c4c3)ncnc2cc1OCCCN1CCSC(=O)C1=O. The van der Waals surface area contributed by atoms with E-state index in [1.807, 2.05) is 25.1 Å². The van der Waals surface area contributed by atoms with E-state index in [9.17, 15) is 9.59 Å². The number of amides is 1. The molecule has 5 rings (SSSR count). The maximum absolute atomic E-state index is 11.9. The molecule has 0 atom stereocenters. The van der Waals surface area contributed by atoms with Crippen LogP contribution in [0.15, 0.2) is 36.7 Å². The van der Waals surface area contributed by atoms with Gasteiger partial charge in [0, 0.05) is 41.5 Å². The van der Waals surface area contributed by atoms with Gasteiger partial charge in [0.15, 0.2) is 11.5 Å². The Balaban J connectivity index is 1.32. The van der Waals surface area contributed by atoms with E-state index in [0.717, 1.165) is 28.4 Å². The second-order valence-electron chi connectivity index (χ2n) is 8.51. The number of aromatic nitrogens is 3. The number of nitrogens with zero attached hydrogens (tertiary/aromatic N) is 3. The molecule has 3 heterocycles. The second-order valence-corrected chi connectivity index (χ2v) is 9.58. The minimum absolute atomic E-state index is 0.358. The van der Waals surface area contributed by atoms with Crippen molar-refractivity contribution in [2.75, 3.05) is 32.6 Å². The lowest BCUT2D eigenvalue weighted by molar-refractivity contribution is -0.140. The van der Waals surface area contributed by atoms with Crippen molar-refractivity contribution in [2.24, 2.45) is 0 Å². The Morgan fingerprint density at radius 3 is 2.78 bits per heavy atom. The first-order valence-corrected chi connectivity index (χ1v) is 12.6. The monoisotopic (exact) mass is 506 g/mol. The fourth-order valence-corrected chi connectivity index (χ4v) is 4.95. The number of rotatable bonds is 8. The second kappa shape index (κ2) is 10.1. The molecule has 36 heavy (non-hydrogen) atoms. The Bertz CT molecular complexity index is 1470. The van der Waals surface area contributed by atoms with Crippen LogP contribution in [0, 0.1) is 13.8 Å². The van der Waals surface area contributed by atoms with Crippen LogP contribution in [0.4, 0.5) is 0 Å². The molecule has 4 aromatic rings. The maximum Gasteiger partial charge on any atom is 0.301 e. The van der Waals surface area contributed by atoms with Crippen molar-refractivity contribution < 1.29 is 23.8 Å². The highest BCUT2D eigenvalue weighted by Crippen LogP contribution is 2.37. The van der Waals surface area contributed by atoms with Crippen LogP contribution in [0.1, 0.15) is 17.7 Å². The van der Waals surface area contributed by atoms with E-state index in [4.69, 9.17) is 14.2 Å². The highest BCUT2D eigenvalue weighted by Gasteiger charge is 2.26. The number of aryl methyl sites for hydroxylation is 2. The summed E-state index contributed by atoms with van der Waals surface area (Å²) in [5, 5.41) is 1.40. The quantitative estimate of drug-likeness (QED) is 0.277. The number of thioether (sulfide) groups is 1. The molecule has 1 saturated heterocycles. The zero-order valence-corrected chi connectivity index (χ0v) is 21.1. The predicted octanol–water partition coefficient (Wildman–Crippen LogP) is 4.40. The molecule has 0 spiro atoms. The molecule has 0 radical (unpaired) electrons. The zero-order valence-electron chi connectivity index (χ0n) is 20.3. The predicted molar refractivity (Wildman–Crippen MR) is 138 cm³/mol. The number of ether oxygens (including phenoxy) is 3. The number of hydrogen-bond donors (Lipinski definition) is 1. The molecule has 0 aliphatic carbocycles. The van der Waals surface area contributed by atoms with Crippen LogP contribution in [-0.4, -0.2) is 63.4 Å². The summed E-state index contributed by atoms with van der Waals surface area (Å²) in [6.45, 7) is 5.52. The smallest absolute Gasteiger partial charge is 0.301 e. The van der Waals surface area contributed by atoms with Gasteiger partial charge >= 0.3 is 5.91 Å². The number of fused-ring (bicyclic) bond motifs is 2. The van der Waals surface area contributed by atoms with Gasteiger partial charge < -0.3 is 24.1 Å². The van der Waals surface area contributed by atoms with Gasteiger partial charge in [-0.15, -0.1) is 0 Å². The number of hydrogen-bond acceptors (Lipinski definition) is 8. The molecule has 1 aliphatic rings. The van der Waals surface area contributed by atoms with Crippen LogP contribution in [-0.2, 0) is 9.59 Å². The molecule has 9 nitrogen and oxygen atoms in total. The first-order chi connectivity index (χ1) is 17.4. The third-order valence-corrected chi connectivity index (χ3v) is 7.09. The molecule has 10 heteroatoms. The number of H-pyrrole nitrogens is 1. The molecule has 1 amide bonds. The van der Waals surface area contributed by atoms with Crippen molar-refractivity contribution in [3.63, 3.8) is 0 Å². The molecular formula is C26H26N4O5S. The largest absolute Gasteiger partial charge is 0.493 e. The standard InChI is InChI=1S/C26H26N4O5S/c1-15-16(2)29-20-6-5-17(11-18(15)20)35-24-19-12-22(33-3)23(13-21(19)27-14-28-24)34-9-4-7-30-8-10-36-26(32)25(30)31/h5-6,11-14,29H,4,7-10H2,1-3H3. The first-order valence-electron chi connectivity index (χ1n) is 11.6. The lowest BCUT2D eigenvalue weighted by Gasteiger charge is -2.25. The van der Waals surface area contributed by atoms with E-state index >= 15 is 0 Å². The number of benzene rings is 2. The number of methoxy groups -OCH3 is 1. The Morgan fingerprint density at radius 1 is 1.08 bits per heavy atom. The molecule has 1 N–H and O–H groups in total. The van der Waals surface area contributed by atoms with Gasteiger partial charge in [0.1, 0.15) is 12.1 Å². The number of nitrogens with one attached hydrogen (secondary N) is 1. The lowest BCUT2D eigenvalue weighted by atomic mass is 10.1. The summed E-state index contributed by atoms with van der Waals surface area (Å²) >= 11 is 1.07. The van der Waals surface area contributed by atoms with Crippen LogP contribution < -0.4 is 14.2 Å². The van der Waals surface area contributed by atoms with Crippen molar-refractivity contribution in [3.05, 3.63) is 47.9 Å². The van der Waals surface area contributed by atoms with Crippen LogP contribution in [0.5, 0.6) is 23.1 Å². The molecule has 0 unspecified atom stereocenters. The Kier molecular flexibility index (Phi) is 6.69. The molecule has 0 bridgehead atoms. The van der Waals surface area contributed by atoms with E-state index in [0.29, 0.717) is 65.9 Å². The first kappa shape index (κ1) is 23.9. The van der Waals surface area contributed by atoms with E-state index < -0.39 is 11.0 Å². The summed E-state index contributed by atoms with van der Waals surface area (Å²) in [4.78, 5) is 37.2. The van der Waals surface area contributed by atoms with Crippen molar-refractivity contribution in [2.45, 2.75) is 20.3 Å². The summed E-state index contributed by atoms with van der Waals surface area (Å²) in [6, 6.07) is 9.48. The molecular weight excluding hydrogens is 480 g/mol. The average Bonchev–Trinajstić information content (AvgIpc) is 3.16. The van der Waals surface area contributed by atoms with Gasteiger partial charge in [0.05, 0.1) is 24.6 Å². The Morgan fingerprint density at radius 2 is 1.94 bits per heavy atom.